The van der Waals surface area contributed by atoms with E-state index in [1.54, 1.807) is 0 Å². The molecule has 1 fully saturated rings. The zero-order chi connectivity index (χ0) is 14.5. The molecule has 0 aromatic heterocycles. The number of urea groups is 1. The van der Waals surface area contributed by atoms with Gasteiger partial charge in [-0.2, -0.15) is 0 Å². The number of ether oxygens (including phenoxy) is 1. The Morgan fingerprint density at radius 2 is 1.65 bits per heavy atom. The summed E-state index contributed by atoms with van der Waals surface area (Å²) in [5.41, 5.74) is 0. The van der Waals surface area contributed by atoms with Crippen molar-refractivity contribution in [3.8, 4) is 0 Å². The molecule has 5 nitrogen and oxygen atoms in total. The molecule has 2 amide bonds. The fraction of sp³-hybridized carbons (Fsp3) is 0.933. The summed E-state index contributed by atoms with van der Waals surface area (Å²) in [6.45, 7) is 8.20. The molecule has 118 valence electrons. The average Bonchev–Trinajstić information content (AvgIpc) is 2.47. The summed E-state index contributed by atoms with van der Waals surface area (Å²) < 4.78 is 5.29. The Balaban J connectivity index is 1.85. The van der Waals surface area contributed by atoms with Crippen LogP contribution < -0.4 is 10.6 Å². The Morgan fingerprint density at radius 1 is 1.00 bits per heavy atom. The molecule has 0 unspecified atom stereocenters. The fourth-order valence-corrected chi connectivity index (χ4v) is 2.32. The van der Waals surface area contributed by atoms with Gasteiger partial charge in [0.05, 0.1) is 13.2 Å². The normalized spacial score (nSPS) is 16.1. The number of carbonyl (C=O) groups excluding carboxylic acids is 1. The topological polar surface area (TPSA) is 53.6 Å². The Morgan fingerprint density at radius 3 is 2.40 bits per heavy atom. The van der Waals surface area contributed by atoms with E-state index in [0.717, 1.165) is 45.8 Å². The van der Waals surface area contributed by atoms with Crippen molar-refractivity contribution in [2.75, 3.05) is 45.9 Å². The van der Waals surface area contributed by atoms with Crippen LogP contribution in [0.5, 0.6) is 0 Å². The van der Waals surface area contributed by atoms with Crippen LogP contribution in [0.3, 0.4) is 0 Å². The number of morpholine rings is 1. The van der Waals surface area contributed by atoms with Crippen LogP contribution in [0, 0.1) is 0 Å². The van der Waals surface area contributed by atoms with Crippen LogP contribution >= 0.6 is 0 Å². The van der Waals surface area contributed by atoms with Gasteiger partial charge in [-0.15, -0.1) is 0 Å². The fourth-order valence-electron chi connectivity index (χ4n) is 2.32. The molecule has 1 aliphatic heterocycles. The first-order chi connectivity index (χ1) is 9.83. The van der Waals surface area contributed by atoms with Crippen LogP contribution in [0.15, 0.2) is 0 Å². The number of unbranched alkanes of at least 4 members (excludes halogenated alkanes) is 5. The van der Waals surface area contributed by atoms with Gasteiger partial charge in [0, 0.05) is 32.7 Å². The van der Waals surface area contributed by atoms with Crippen molar-refractivity contribution in [1.82, 2.24) is 15.5 Å². The molecule has 1 aliphatic rings. The van der Waals surface area contributed by atoms with Gasteiger partial charge < -0.3 is 15.4 Å². The number of carbonyl (C=O) groups is 1. The molecular weight excluding hydrogens is 254 g/mol. The zero-order valence-electron chi connectivity index (χ0n) is 13.0. The Kier molecular flexibility index (Phi) is 10.3. The van der Waals surface area contributed by atoms with Crippen LogP contribution in [-0.2, 0) is 4.74 Å². The van der Waals surface area contributed by atoms with E-state index in [-0.39, 0.29) is 6.03 Å². The van der Waals surface area contributed by atoms with Gasteiger partial charge in [0.2, 0.25) is 0 Å². The molecule has 0 radical (unpaired) electrons. The van der Waals surface area contributed by atoms with Crippen LogP contribution in [0.2, 0.25) is 0 Å². The van der Waals surface area contributed by atoms with Crippen molar-refractivity contribution in [3.63, 3.8) is 0 Å². The lowest BCUT2D eigenvalue weighted by molar-refractivity contribution is 0.0387. The molecule has 0 saturated carbocycles. The maximum absolute atomic E-state index is 11.6. The highest BCUT2D eigenvalue weighted by molar-refractivity contribution is 5.73. The number of nitrogens with zero attached hydrogens (tertiary/aromatic N) is 1. The molecule has 5 heteroatoms. The molecule has 0 bridgehead atoms. The lowest BCUT2D eigenvalue weighted by Crippen LogP contribution is -2.43. The minimum atomic E-state index is -0.0354. The predicted molar refractivity (Wildman–Crippen MR) is 82.0 cm³/mol. The van der Waals surface area contributed by atoms with Gasteiger partial charge in [-0.25, -0.2) is 4.79 Å². The van der Waals surface area contributed by atoms with Crippen molar-refractivity contribution in [1.29, 1.82) is 0 Å². The van der Waals surface area contributed by atoms with Crippen molar-refractivity contribution in [2.45, 2.75) is 45.4 Å². The summed E-state index contributed by atoms with van der Waals surface area (Å²) in [5, 5.41) is 5.83. The second kappa shape index (κ2) is 12.0. The van der Waals surface area contributed by atoms with Crippen LogP contribution in [0.25, 0.3) is 0 Å². The summed E-state index contributed by atoms with van der Waals surface area (Å²) in [5.74, 6) is 0. The summed E-state index contributed by atoms with van der Waals surface area (Å²) >= 11 is 0. The number of amides is 2. The minimum absolute atomic E-state index is 0.0354. The van der Waals surface area contributed by atoms with Gasteiger partial charge in [0.15, 0.2) is 0 Å². The summed E-state index contributed by atoms with van der Waals surface area (Å²) in [6, 6.07) is -0.0354. The Labute approximate surface area is 123 Å². The van der Waals surface area contributed by atoms with E-state index in [4.69, 9.17) is 4.74 Å². The zero-order valence-corrected chi connectivity index (χ0v) is 13.0. The smallest absolute Gasteiger partial charge is 0.314 e. The van der Waals surface area contributed by atoms with E-state index >= 15 is 0 Å². The number of hydrogen-bond acceptors (Lipinski definition) is 3. The van der Waals surface area contributed by atoms with Gasteiger partial charge in [0.25, 0.3) is 0 Å². The molecular formula is C15H31N3O2. The molecule has 0 aromatic rings. The van der Waals surface area contributed by atoms with Crippen LogP contribution in [-0.4, -0.2) is 56.9 Å². The molecule has 1 saturated heterocycles. The lowest BCUT2D eigenvalue weighted by atomic mass is 10.1. The van der Waals surface area contributed by atoms with Crippen molar-refractivity contribution < 1.29 is 9.53 Å². The van der Waals surface area contributed by atoms with E-state index < -0.39 is 0 Å². The van der Waals surface area contributed by atoms with Crippen molar-refractivity contribution in [2.24, 2.45) is 0 Å². The number of hydrogen-bond donors (Lipinski definition) is 2. The Bertz CT molecular complexity index is 243. The van der Waals surface area contributed by atoms with E-state index in [0.29, 0.717) is 6.54 Å². The lowest BCUT2D eigenvalue weighted by Gasteiger charge is -2.26. The molecule has 0 aliphatic carbocycles. The highest BCUT2D eigenvalue weighted by atomic mass is 16.5. The summed E-state index contributed by atoms with van der Waals surface area (Å²) in [4.78, 5) is 13.9. The molecule has 1 rings (SSSR count). The standard InChI is InChI=1S/C15H31N3O2/c1-2-3-4-5-6-7-8-16-15(19)17-9-10-18-11-13-20-14-12-18/h2-14H2,1H3,(H2,16,17,19). The highest BCUT2D eigenvalue weighted by Gasteiger charge is 2.09. The second-order valence-corrected chi connectivity index (χ2v) is 5.40. The molecule has 0 spiro atoms. The third-order valence-corrected chi connectivity index (χ3v) is 3.63. The highest BCUT2D eigenvalue weighted by Crippen LogP contribution is 2.03. The third-order valence-electron chi connectivity index (χ3n) is 3.63. The largest absolute Gasteiger partial charge is 0.379 e. The average molecular weight is 285 g/mol. The molecule has 0 aromatic carbocycles. The first-order valence-corrected chi connectivity index (χ1v) is 8.14. The second-order valence-electron chi connectivity index (χ2n) is 5.40. The maximum Gasteiger partial charge on any atom is 0.314 e. The first kappa shape index (κ1) is 17.2. The monoisotopic (exact) mass is 285 g/mol. The molecule has 0 atom stereocenters. The maximum atomic E-state index is 11.6. The van der Waals surface area contributed by atoms with Gasteiger partial charge in [-0.1, -0.05) is 39.0 Å². The van der Waals surface area contributed by atoms with Gasteiger partial charge in [0.1, 0.15) is 0 Å². The Hall–Kier alpha value is -0.810. The van der Waals surface area contributed by atoms with E-state index in [1.165, 1.54) is 32.1 Å². The third kappa shape index (κ3) is 9.15. The summed E-state index contributed by atoms with van der Waals surface area (Å²) in [7, 11) is 0. The van der Waals surface area contributed by atoms with Crippen LogP contribution in [0.4, 0.5) is 4.79 Å². The van der Waals surface area contributed by atoms with Crippen molar-refractivity contribution >= 4 is 6.03 Å². The molecule has 1 heterocycles. The van der Waals surface area contributed by atoms with E-state index in [2.05, 4.69) is 22.5 Å². The summed E-state index contributed by atoms with van der Waals surface area (Å²) in [6.07, 6.45) is 7.52. The molecule has 2 N–H and O–H groups in total. The minimum Gasteiger partial charge on any atom is -0.379 e. The first-order valence-electron chi connectivity index (χ1n) is 8.14. The number of nitrogens with one attached hydrogen (secondary N) is 2. The van der Waals surface area contributed by atoms with Gasteiger partial charge in [-0.3, -0.25) is 4.90 Å². The van der Waals surface area contributed by atoms with E-state index in [1.807, 2.05) is 0 Å². The quantitative estimate of drug-likeness (QED) is 0.604. The predicted octanol–water partition coefficient (Wildman–Crippen LogP) is 1.98. The van der Waals surface area contributed by atoms with Gasteiger partial charge in [-0.05, 0) is 6.42 Å². The van der Waals surface area contributed by atoms with Crippen LogP contribution in [0.1, 0.15) is 45.4 Å². The van der Waals surface area contributed by atoms with Crippen molar-refractivity contribution in [3.05, 3.63) is 0 Å². The molecule has 20 heavy (non-hydrogen) atoms. The number of rotatable bonds is 10. The SMILES string of the molecule is CCCCCCCCNC(=O)NCCN1CCOCC1. The van der Waals surface area contributed by atoms with Gasteiger partial charge >= 0.3 is 6.03 Å². The van der Waals surface area contributed by atoms with E-state index in [9.17, 15) is 4.79 Å².